The van der Waals surface area contributed by atoms with E-state index < -0.39 is 26.9 Å². The summed E-state index contributed by atoms with van der Waals surface area (Å²) in [6.45, 7) is 4.32. The number of carbonyl (C=O) groups is 1. The van der Waals surface area contributed by atoms with Gasteiger partial charge < -0.3 is 20.5 Å². The molecule has 0 saturated heterocycles. The van der Waals surface area contributed by atoms with Gasteiger partial charge in [0.25, 0.3) is 0 Å². The van der Waals surface area contributed by atoms with Crippen molar-refractivity contribution in [1.29, 1.82) is 0 Å². The van der Waals surface area contributed by atoms with Crippen molar-refractivity contribution in [3.8, 4) is 5.75 Å². The average molecular weight is 429 g/mol. The first kappa shape index (κ1) is 21.0. The first-order chi connectivity index (χ1) is 13.2. The van der Waals surface area contributed by atoms with Gasteiger partial charge in [-0.05, 0) is 51.7 Å². The van der Waals surface area contributed by atoms with Crippen LogP contribution in [-0.4, -0.2) is 43.6 Å². The molecule has 0 spiro atoms. The Morgan fingerprint density at radius 1 is 1.36 bits per heavy atom. The second-order valence-electron chi connectivity index (χ2n) is 7.16. The van der Waals surface area contributed by atoms with E-state index in [1.807, 2.05) is 13.8 Å². The van der Waals surface area contributed by atoms with E-state index in [2.05, 4.69) is 16.7 Å². The van der Waals surface area contributed by atoms with Crippen LogP contribution >= 0.6 is 11.6 Å². The molecule has 154 valence electrons. The second kappa shape index (κ2) is 8.31. The number of phenols is 1. The van der Waals surface area contributed by atoms with Crippen LogP contribution < -0.4 is 10.6 Å². The average Bonchev–Trinajstić information content (AvgIpc) is 2.97. The summed E-state index contributed by atoms with van der Waals surface area (Å²) in [7, 11) is -3.85. The number of halogens is 1. The summed E-state index contributed by atoms with van der Waals surface area (Å²) >= 11 is 6.10. The van der Waals surface area contributed by atoms with Crippen LogP contribution in [0.15, 0.2) is 28.7 Å². The van der Waals surface area contributed by atoms with Gasteiger partial charge >= 0.3 is 6.03 Å². The number of ether oxygens (including phenoxy) is 1. The Morgan fingerprint density at radius 2 is 2.07 bits per heavy atom. The van der Waals surface area contributed by atoms with E-state index >= 15 is 0 Å². The van der Waals surface area contributed by atoms with Gasteiger partial charge in [0, 0.05) is 6.61 Å². The van der Waals surface area contributed by atoms with Gasteiger partial charge in [-0.1, -0.05) is 23.3 Å². The maximum atomic E-state index is 12.9. The molecule has 0 aromatic heterocycles. The topological polar surface area (TPSA) is 105 Å². The summed E-state index contributed by atoms with van der Waals surface area (Å²) in [5.74, 6) is -0.541. The molecule has 1 aromatic rings. The van der Waals surface area contributed by atoms with Crippen LogP contribution in [0.25, 0.3) is 0 Å². The molecular weight excluding hydrogens is 404 g/mol. The first-order valence-electron chi connectivity index (χ1n) is 9.35. The Balaban J connectivity index is 1.76. The van der Waals surface area contributed by atoms with Gasteiger partial charge in [-0.15, -0.1) is 0 Å². The minimum absolute atomic E-state index is 0.000728. The monoisotopic (exact) mass is 428 g/mol. The predicted molar refractivity (Wildman–Crippen MR) is 108 cm³/mol. The lowest BCUT2D eigenvalue weighted by molar-refractivity contribution is 0.0122. The lowest BCUT2D eigenvalue weighted by atomic mass is 9.95. The summed E-state index contributed by atoms with van der Waals surface area (Å²) in [5.41, 5.74) is 1.08. The number of rotatable bonds is 6. The van der Waals surface area contributed by atoms with E-state index in [4.69, 9.17) is 16.3 Å². The molecule has 2 aliphatic carbocycles. The van der Waals surface area contributed by atoms with Gasteiger partial charge in [-0.25, -0.2) is 13.2 Å². The number of aromatic hydroxyl groups is 1. The number of sulfone groups is 1. The van der Waals surface area contributed by atoms with Crippen molar-refractivity contribution in [1.82, 2.24) is 5.32 Å². The van der Waals surface area contributed by atoms with Crippen LogP contribution in [-0.2, 0) is 14.6 Å². The Kier molecular flexibility index (Phi) is 6.21. The van der Waals surface area contributed by atoms with E-state index in [9.17, 15) is 18.3 Å². The highest BCUT2D eigenvalue weighted by Crippen LogP contribution is 2.43. The van der Waals surface area contributed by atoms with Crippen LogP contribution in [0.5, 0.6) is 5.75 Å². The molecule has 0 unspecified atom stereocenters. The number of phenolic OH excluding ortho intramolecular Hbond substituents is 1. The van der Waals surface area contributed by atoms with E-state index in [-0.39, 0.29) is 27.8 Å². The largest absolute Gasteiger partial charge is 0.504 e. The molecule has 1 saturated carbocycles. The van der Waals surface area contributed by atoms with Crippen LogP contribution in [0, 0.1) is 0 Å². The minimum atomic E-state index is -3.85. The van der Waals surface area contributed by atoms with Crippen molar-refractivity contribution in [2.75, 3.05) is 11.9 Å². The van der Waals surface area contributed by atoms with Gasteiger partial charge in [0.2, 0.25) is 0 Å². The Labute approximate surface area is 170 Å². The van der Waals surface area contributed by atoms with E-state index in [1.165, 1.54) is 12.1 Å². The molecule has 2 amide bonds. The highest BCUT2D eigenvalue weighted by Gasteiger charge is 2.42. The fourth-order valence-corrected chi connectivity index (χ4v) is 6.04. The molecule has 3 N–H and O–H groups in total. The number of benzene rings is 1. The Bertz CT molecular complexity index is 894. The maximum Gasteiger partial charge on any atom is 0.319 e. The van der Waals surface area contributed by atoms with Crippen LogP contribution in [0.2, 0.25) is 5.02 Å². The molecule has 9 heteroatoms. The van der Waals surface area contributed by atoms with Crippen molar-refractivity contribution in [3.63, 3.8) is 0 Å². The van der Waals surface area contributed by atoms with Gasteiger partial charge in [0.1, 0.15) is 4.90 Å². The smallest absolute Gasteiger partial charge is 0.319 e. The second-order valence-corrected chi connectivity index (χ2v) is 9.74. The number of urea groups is 1. The zero-order valence-electron chi connectivity index (χ0n) is 15.9. The molecule has 7 nitrogen and oxygen atoms in total. The highest BCUT2D eigenvalue weighted by molar-refractivity contribution is 7.92. The number of hydrogen-bond acceptors (Lipinski definition) is 5. The van der Waals surface area contributed by atoms with E-state index in [1.54, 1.807) is 0 Å². The first-order valence-corrected chi connectivity index (χ1v) is 11.3. The molecule has 28 heavy (non-hydrogen) atoms. The van der Waals surface area contributed by atoms with Crippen molar-refractivity contribution >= 4 is 33.2 Å². The van der Waals surface area contributed by atoms with E-state index in [0.717, 1.165) is 18.4 Å². The fourth-order valence-electron chi connectivity index (χ4n) is 3.58. The summed E-state index contributed by atoms with van der Waals surface area (Å²) in [6, 6.07) is 2.17. The third-order valence-corrected chi connectivity index (χ3v) is 7.96. The fraction of sp³-hybridized carbons (Fsp3) is 0.526. The van der Waals surface area contributed by atoms with Gasteiger partial charge in [0.15, 0.2) is 15.6 Å². The van der Waals surface area contributed by atoms with Crippen LogP contribution in [0.1, 0.15) is 39.5 Å². The van der Waals surface area contributed by atoms with Gasteiger partial charge in [-0.2, -0.15) is 0 Å². The molecule has 0 heterocycles. The standard InChI is InChI=1S/C19H25ClN2O5S/c1-3-27-12-9-13(10-12)28(25,26)18-14(20)7-8-16(17(18)23)22-19(24)21-15-6-4-5-11(15)2/h5,7-8,12-13,15,23H,3-4,6,9-10H2,1-2H3,(H2,21,22,24)/t12?,13?,15-/m1/s1. The number of hydrogen-bond donors (Lipinski definition) is 3. The quantitative estimate of drug-likeness (QED) is 0.474. The number of amides is 2. The van der Waals surface area contributed by atoms with Crippen molar-refractivity contribution in [3.05, 3.63) is 28.8 Å². The zero-order chi connectivity index (χ0) is 20.5. The molecule has 0 bridgehead atoms. The zero-order valence-corrected chi connectivity index (χ0v) is 17.4. The normalized spacial score (nSPS) is 24.4. The van der Waals surface area contributed by atoms with E-state index in [0.29, 0.717) is 19.4 Å². The number of nitrogens with one attached hydrogen (secondary N) is 2. The molecule has 3 rings (SSSR count). The molecule has 1 atom stereocenters. The Morgan fingerprint density at radius 3 is 2.68 bits per heavy atom. The third kappa shape index (κ3) is 4.14. The van der Waals surface area contributed by atoms with Crippen LogP contribution in [0.3, 0.4) is 0 Å². The van der Waals surface area contributed by atoms with Gasteiger partial charge in [-0.3, -0.25) is 0 Å². The van der Waals surface area contributed by atoms with Crippen molar-refractivity contribution < 1.29 is 23.1 Å². The summed E-state index contributed by atoms with van der Waals surface area (Å²) in [4.78, 5) is 11.9. The summed E-state index contributed by atoms with van der Waals surface area (Å²) in [6.07, 6.45) is 4.39. The highest BCUT2D eigenvalue weighted by atomic mass is 35.5. The molecular formula is C19H25ClN2O5S. The predicted octanol–water partition coefficient (Wildman–Crippen LogP) is 3.62. The molecule has 2 aliphatic rings. The number of anilines is 1. The summed E-state index contributed by atoms with van der Waals surface area (Å²) < 4.78 is 31.3. The SMILES string of the molecule is CCOC1CC(S(=O)(=O)c2c(Cl)ccc(NC(=O)N[C@@H]3CCC=C3C)c2O)C1. The van der Waals surface area contributed by atoms with Crippen LogP contribution in [0.4, 0.5) is 10.5 Å². The summed E-state index contributed by atoms with van der Waals surface area (Å²) in [5, 5.41) is 15.2. The lowest BCUT2D eigenvalue weighted by Crippen LogP contribution is -2.41. The number of allylic oxidation sites excluding steroid dienone is 1. The molecule has 1 aromatic carbocycles. The molecule has 1 fully saturated rings. The minimum Gasteiger partial charge on any atom is -0.504 e. The van der Waals surface area contributed by atoms with Gasteiger partial charge in [0.05, 0.1) is 28.1 Å². The van der Waals surface area contributed by atoms with Crippen molar-refractivity contribution in [2.24, 2.45) is 0 Å². The third-order valence-electron chi connectivity index (χ3n) is 5.29. The molecule has 0 aliphatic heterocycles. The molecule has 0 radical (unpaired) electrons. The Hall–Kier alpha value is -1.77. The maximum absolute atomic E-state index is 12.9. The van der Waals surface area contributed by atoms with Crippen molar-refractivity contribution in [2.45, 2.75) is 61.8 Å². The lowest BCUT2D eigenvalue weighted by Gasteiger charge is -2.34. The number of carbonyl (C=O) groups excluding carboxylic acids is 1.